The number of fused-ring (bicyclic) bond motifs is 1. The van der Waals surface area contributed by atoms with E-state index in [9.17, 15) is 18.8 Å². The highest BCUT2D eigenvalue weighted by Gasteiger charge is 2.25. The summed E-state index contributed by atoms with van der Waals surface area (Å²) in [6.45, 7) is 2.01. The van der Waals surface area contributed by atoms with Gasteiger partial charge >= 0.3 is 5.69 Å². The molecular weight excluding hydrogens is 431 g/mol. The van der Waals surface area contributed by atoms with E-state index in [2.05, 4.69) is 4.98 Å². The summed E-state index contributed by atoms with van der Waals surface area (Å²) in [5.74, 6) is 0.407. The summed E-state index contributed by atoms with van der Waals surface area (Å²) in [5, 5.41) is 0. The number of rotatable bonds is 4. The Hall–Kier alpha value is -4.08. The molecule has 2 aliphatic rings. The third kappa shape index (κ3) is 4.07. The molecule has 0 saturated carbocycles. The van der Waals surface area contributed by atoms with Crippen LogP contribution >= 0.6 is 0 Å². The van der Waals surface area contributed by atoms with Gasteiger partial charge in [0.15, 0.2) is 11.5 Å². The van der Waals surface area contributed by atoms with Crippen LogP contribution in [0.15, 0.2) is 58.3 Å². The number of H-pyrrole nitrogens is 1. The maximum Gasteiger partial charge on any atom is 0.328 e. The number of amides is 1. The monoisotopic (exact) mass is 452 g/mol. The van der Waals surface area contributed by atoms with E-state index in [1.165, 1.54) is 18.3 Å². The van der Waals surface area contributed by atoms with E-state index in [4.69, 9.17) is 9.47 Å². The summed E-state index contributed by atoms with van der Waals surface area (Å²) in [6.07, 6.45) is 1.18. The topological polar surface area (TPSA) is 96.9 Å². The van der Waals surface area contributed by atoms with Gasteiger partial charge in [0, 0.05) is 38.1 Å². The van der Waals surface area contributed by atoms with E-state index >= 15 is 0 Å². The molecule has 9 nitrogen and oxygen atoms in total. The summed E-state index contributed by atoms with van der Waals surface area (Å²) in [7, 11) is 0. The molecule has 0 spiro atoms. The van der Waals surface area contributed by atoms with Gasteiger partial charge in [0.05, 0.1) is 6.54 Å². The zero-order valence-corrected chi connectivity index (χ0v) is 17.6. The lowest BCUT2D eigenvalue weighted by atomic mass is 10.2. The molecule has 3 heterocycles. The highest BCUT2D eigenvalue weighted by Crippen LogP contribution is 2.32. The largest absolute Gasteiger partial charge is 0.454 e. The fourth-order valence-corrected chi connectivity index (χ4v) is 4.02. The number of carbonyl (C=O) groups is 1. The second kappa shape index (κ2) is 8.45. The molecule has 5 rings (SSSR count). The van der Waals surface area contributed by atoms with Crippen molar-refractivity contribution < 1.29 is 18.7 Å². The van der Waals surface area contributed by atoms with Crippen LogP contribution in [-0.2, 0) is 6.54 Å². The molecule has 0 radical (unpaired) electrons. The number of anilines is 1. The third-order valence-electron chi connectivity index (χ3n) is 5.83. The first kappa shape index (κ1) is 20.8. The minimum atomic E-state index is -0.651. The predicted octanol–water partition coefficient (Wildman–Crippen LogP) is 1.42. The molecule has 0 bridgehead atoms. The number of nitrogens with one attached hydrogen (secondary N) is 1. The molecule has 1 fully saturated rings. The number of carbonyl (C=O) groups excluding carboxylic acids is 1. The highest BCUT2D eigenvalue weighted by atomic mass is 19.1. The molecule has 10 heteroatoms. The molecule has 1 aromatic heterocycles. The number of nitrogens with zero attached hydrogens (tertiary/aromatic N) is 3. The summed E-state index contributed by atoms with van der Waals surface area (Å²) >= 11 is 0. The quantitative estimate of drug-likeness (QED) is 0.643. The Kier molecular flexibility index (Phi) is 5.33. The molecular formula is C23H21FN4O5. The molecule has 0 aliphatic carbocycles. The zero-order valence-electron chi connectivity index (χ0n) is 17.6. The molecule has 1 amide bonds. The van der Waals surface area contributed by atoms with Gasteiger partial charge in [-0.3, -0.25) is 14.2 Å². The Morgan fingerprint density at radius 2 is 1.70 bits per heavy atom. The van der Waals surface area contributed by atoms with Gasteiger partial charge in [-0.15, -0.1) is 0 Å². The van der Waals surface area contributed by atoms with Crippen LogP contribution in [0.2, 0.25) is 0 Å². The minimum Gasteiger partial charge on any atom is -0.454 e. The lowest BCUT2D eigenvalue weighted by molar-refractivity contribution is 0.0743. The molecule has 3 aromatic rings. The first-order chi connectivity index (χ1) is 16.0. The minimum absolute atomic E-state index is 0.00965. The summed E-state index contributed by atoms with van der Waals surface area (Å²) in [5.41, 5.74) is 0.200. The van der Waals surface area contributed by atoms with Crippen LogP contribution in [0.25, 0.3) is 0 Å². The first-order valence-corrected chi connectivity index (χ1v) is 10.5. The van der Waals surface area contributed by atoms with Crippen molar-refractivity contribution in [3.8, 4) is 11.5 Å². The van der Waals surface area contributed by atoms with Crippen LogP contribution in [0.1, 0.15) is 15.9 Å². The molecule has 1 saturated heterocycles. The number of halogens is 1. The van der Waals surface area contributed by atoms with Crippen molar-refractivity contribution in [2.45, 2.75) is 6.54 Å². The molecule has 0 atom stereocenters. The Labute approximate surface area is 187 Å². The lowest BCUT2D eigenvalue weighted by Gasteiger charge is -2.36. The highest BCUT2D eigenvalue weighted by molar-refractivity contribution is 5.93. The van der Waals surface area contributed by atoms with E-state index in [0.717, 1.165) is 10.3 Å². The maximum atomic E-state index is 13.2. The van der Waals surface area contributed by atoms with Crippen molar-refractivity contribution in [3.05, 3.63) is 86.4 Å². The molecule has 2 aromatic carbocycles. The van der Waals surface area contributed by atoms with Gasteiger partial charge in [-0.2, -0.15) is 0 Å². The van der Waals surface area contributed by atoms with Crippen molar-refractivity contribution in [3.63, 3.8) is 0 Å². The number of piperazine rings is 1. The molecule has 2 aliphatic heterocycles. The first-order valence-electron chi connectivity index (χ1n) is 10.5. The number of benzene rings is 2. The van der Waals surface area contributed by atoms with Crippen LogP contribution in [0.4, 0.5) is 10.1 Å². The van der Waals surface area contributed by atoms with Gasteiger partial charge < -0.3 is 24.3 Å². The van der Waals surface area contributed by atoms with Crippen LogP contribution in [0.3, 0.4) is 0 Å². The van der Waals surface area contributed by atoms with Crippen molar-refractivity contribution in [2.75, 3.05) is 37.9 Å². The fourth-order valence-electron chi connectivity index (χ4n) is 4.02. The van der Waals surface area contributed by atoms with E-state index in [1.807, 2.05) is 4.90 Å². The Bertz CT molecular complexity index is 1310. The smallest absolute Gasteiger partial charge is 0.328 e. The molecule has 33 heavy (non-hydrogen) atoms. The van der Waals surface area contributed by atoms with E-state index < -0.39 is 17.2 Å². The summed E-state index contributed by atoms with van der Waals surface area (Å²) < 4.78 is 24.8. The van der Waals surface area contributed by atoms with E-state index in [1.54, 1.807) is 35.2 Å². The average molecular weight is 452 g/mol. The molecule has 170 valence electrons. The Morgan fingerprint density at radius 3 is 2.45 bits per heavy atom. The van der Waals surface area contributed by atoms with Crippen molar-refractivity contribution >= 4 is 11.6 Å². The number of ether oxygens (including phenoxy) is 2. The van der Waals surface area contributed by atoms with Crippen molar-refractivity contribution in [1.29, 1.82) is 0 Å². The fraction of sp³-hybridized carbons (Fsp3) is 0.261. The maximum absolute atomic E-state index is 13.2. The van der Waals surface area contributed by atoms with Gasteiger partial charge in [0.2, 0.25) is 6.79 Å². The van der Waals surface area contributed by atoms with Crippen LogP contribution in [0, 0.1) is 5.82 Å². The second-order valence-corrected chi connectivity index (χ2v) is 7.84. The van der Waals surface area contributed by atoms with Crippen LogP contribution in [0.5, 0.6) is 11.5 Å². The van der Waals surface area contributed by atoms with E-state index in [-0.39, 0.29) is 24.7 Å². The summed E-state index contributed by atoms with van der Waals surface area (Å²) in [4.78, 5) is 44.6. The van der Waals surface area contributed by atoms with E-state index in [0.29, 0.717) is 43.2 Å². The average Bonchev–Trinajstić information content (AvgIpc) is 3.30. The zero-order chi connectivity index (χ0) is 22.9. The number of hydrogen-bond donors (Lipinski definition) is 1. The van der Waals surface area contributed by atoms with Gasteiger partial charge in [-0.1, -0.05) is 6.07 Å². The molecule has 1 N–H and O–H groups in total. The molecule has 0 unspecified atom stereocenters. The van der Waals surface area contributed by atoms with Gasteiger partial charge in [0.25, 0.3) is 11.5 Å². The number of hydrogen-bond acceptors (Lipinski definition) is 6. The Morgan fingerprint density at radius 1 is 0.970 bits per heavy atom. The normalized spacial score (nSPS) is 15.1. The number of aromatic nitrogens is 2. The second-order valence-electron chi connectivity index (χ2n) is 7.84. The SMILES string of the molecule is O=C(c1c[nH]c(=O)n(Cc2ccc3c(c2)OCO3)c1=O)N1CCN(c2ccc(F)cc2)CC1. The summed E-state index contributed by atoms with van der Waals surface area (Å²) in [6, 6.07) is 11.4. The third-order valence-corrected chi connectivity index (χ3v) is 5.83. The lowest BCUT2D eigenvalue weighted by Crippen LogP contribution is -2.50. The predicted molar refractivity (Wildman–Crippen MR) is 118 cm³/mol. The standard InChI is InChI=1S/C23H21FN4O5/c24-16-2-4-17(5-3-16)26-7-9-27(10-8-26)21(29)18-12-25-23(31)28(22(18)30)13-15-1-6-19-20(11-15)33-14-32-19/h1-6,11-12H,7-10,13-14H2,(H,25,31). The van der Waals surface area contributed by atoms with Crippen LogP contribution in [-0.4, -0.2) is 53.3 Å². The van der Waals surface area contributed by atoms with Gasteiger partial charge in [-0.05, 0) is 42.0 Å². The van der Waals surface area contributed by atoms with Crippen LogP contribution < -0.4 is 25.6 Å². The van der Waals surface area contributed by atoms with Crippen molar-refractivity contribution in [1.82, 2.24) is 14.5 Å². The van der Waals surface area contributed by atoms with Crippen molar-refractivity contribution in [2.24, 2.45) is 0 Å². The Balaban J connectivity index is 1.32. The van der Waals surface area contributed by atoms with Gasteiger partial charge in [0.1, 0.15) is 11.4 Å². The van der Waals surface area contributed by atoms with Gasteiger partial charge in [-0.25, -0.2) is 9.18 Å². The number of aromatic amines is 1.